The minimum atomic E-state index is -0.176. The molecule has 134 valence electrons. The Morgan fingerprint density at radius 3 is 2.67 bits per heavy atom. The quantitative estimate of drug-likeness (QED) is 0.522. The van der Waals surface area contributed by atoms with Crippen LogP contribution in [0.5, 0.6) is 0 Å². The Labute approximate surface area is 160 Å². The van der Waals surface area contributed by atoms with Crippen molar-refractivity contribution in [3.05, 3.63) is 71.2 Å². The van der Waals surface area contributed by atoms with E-state index in [0.29, 0.717) is 10.7 Å². The van der Waals surface area contributed by atoms with Crippen molar-refractivity contribution in [2.24, 2.45) is 0 Å². The number of thiazole rings is 1. The monoisotopic (exact) mass is 375 g/mol. The van der Waals surface area contributed by atoms with E-state index in [9.17, 15) is 9.59 Å². The number of fused-ring (bicyclic) bond motifs is 1. The van der Waals surface area contributed by atoms with Crippen molar-refractivity contribution in [1.82, 2.24) is 9.55 Å². The molecule has 0 saturated heterocycles. The molecule has 27 heavy (non-hydrogen) atoms. The summed E-state index contributed by atoms with van der Waals surface area (Å²) in [5.41, 5.74) is 4.12. The number of nitrogens with one attached hydrogen (secondary N) is 1. The van der Waals surface area contributed by atoms with Gasteiger partial charge in [-0.15, -0.1) is 11.3 Å². The van der Waals surface area contributed by atoms with Gasteiger partial charge in [0.15, 0.2) is 11.4 Å². The molecule has 0 saturated carbocycles. The van der Waals surface area contributed by atoms with E-state index in [1.54, 1.807) is 0 Å². The lowest BCUT2D eigenvalue weighted by Crippen LogP contribution is -2.19. The Hall–Kier alpha value is -3.25. The summed E-state index contributed by atoms with van der Waals surface area (Å²) in [6.45, 7) is 1.98. The maximum atomic E-state index is 12.6. The number of rotatable bonds is 5. The van der Waals surface area contributed by atoms with Crippen LogP contribution < -0.4 is 5.32 Å². The van der Waals surface area contributed by atoms with Gasteiger partial charge in [-0.3, -0.25) is 9.59 Å². The molecule has 4 rings (SSSR count). The Kier molecular flexibility index (Phi) is 4.56. The van der Waals surface area contributed by atoms with E-state index in [0.717, 1.165) is 34.1 Å². The van der Waals surface area contributed by atoms with E-state index in [-0.39, 0.29) is 12.5 Å². The van der Waals surface area contributed by atoms with Crippen LogP contribution >= 0.6 is 11.3 Å². The number of carbonyl (C=O) groups excluding carboxylic acids is 2. The van der Waals surface area contributed by atoms with Crippen molar-refractivity contribution in [2.75, 3.05) is 5.32 Å². The third kappa shape index (κ3) is 3.27. The van der Waals surface area contributed by atoms with Crippen molar-refractivity contribution < 1.29 is 9.59 Å². The molecule has 4 aromatic rings. The van der Waals surface area contributed by atoms with Crippen LogP contribution in [0.25, 0.3) is 22.2 Å². The predicted molar refractivity (Wildman–Crippen MR) is 108 cm³/mol. The fourth-order valence-electron chi connectivity index (χ4n) is 3.19. The topological polar surface area (TPSA) is 64.0 Å². The van der Waals surface area contributed by atoms with Gasteiger partial charge in [-0.1, -0.05) is 48.5 Å². The van der Waals surface area contributed by atoms with Crippen LogP contribution in [0.1, 0.15) is 16.1 Å². The maximum Gasteiger partial charge on any atom is 0.246 e. The number of hydrogen-bond donors (Lipinski definition) is 1. The molecule has 0 spiro atoms. The summed E-state index contributed by atoms with van der Waals surface area (Å²) in [6, 6.07) is 17.4. The normalized spacial score (nSPS) is 10.9. The summed E-state index contributed by atoms with van der Waals surface area (Å²) in [6.07, 6.45) is 0.846. The highest BCUT2D eigenvalue weighted by Gasteiger charge is 2.16. The average Bonchev–Trinajstić information content (AvgIpc) is 3.26. The van der Waals surface area contributed by atoms with Crippen molar-refractivity contribution in [3.8, 4) is 11.3 Å². The van der Waals surface area contributed by atoms with Crippen LogP contribution in [0.2, 0.25) is 0 Å². The molecule has 0 aliphatic rings. The van der Waals surface area contributed by atoms with Crippen molar-refractivity contribution in [3.63, 3.8) is 0 Å². The SMILES string of the molecule is Cc1c(C=O)c2ccccc2n1CC(=O)Nc1nc(-c2ccccc2)cs1. The van der Waals surface area contributed by atoms with Gasteiger partial charge in [0.25, 0.3) is 0 Å². The molecule has 0 fully saturated rings. The standard InChI is InChI=1S/C21H17N3O2S/c1-14-17(12-25)16-9-5-6-10-19(16)24(14)11-20(26)23-21-22-18(13-27-21)15-7-3-2-4-8-15/h2-10,12-13H,11H2,1H3,(H,22,23,26). The Balaban J connectivity index is 1.56. The molecule has 0 aliphatic heterocycles. The van der Waals surface area contributed by atoms with Gasteiger partial charge in [-0.05, 0) is 13.0 Å². The second-order valence-electron chi connectivity index (χ2n) is 6.17. The minimum Gasteiger partial charge on any atom is -0.335 e. The van der Waals surface area contributed by atoms with E-state index < -0.39 is 0 Å². The first kappa shape index (κ1) is 17.2. The summed E-state index contributed by atoms with van der Waals surface area (Å²) in [5.74, 6) is -0.176. The second-order valence-corrected chi connectivity index (χ2v) is 7.03. The van der Waals surface area contributed by atoms with Gasteiger partial charge in [0.05, 0.1) is 5.69 Å². The highest BCUT2D eigenvalue weighted by molar-refractivity contribution is 7.14. The minimum absolute atomic E-state index is 0.125. The van der Waals surface area contributed by atoms with E-state index in [2.05, 4.69) is 10.3 Å². The van der Waals surface area contributed by atoms with Crippen LogP contribution in [-0.4, -0.2) is 21.7 Å². The molecule has 1 N–H and O–H groups in total. The number of carbonyl (C=O) groups is 2. The van der Waals surface area contributed by atoms with E-state index in [1.807, 2.05) is 71.5 Å². The Morgan fingerprint density at radius 1 is 1.15 bits per heavy atom. The molecule has 2 aromatic heterocycles. The first-order valence-electron chi connectivity index (χ1n) is 8.51. The molecule has 0 bridgehead atoms. The predicted octanol–water partition coefficient (Wildman–Crippen LogP) is 4.52. The number of nitrogens with zero attached hydrogens (tertiary/aromatic N) is 2. The lowest BCUT2D eigenvalue weighted by atomic mass is 10.1. The highest BCUT2D eigenvalue weighted by Crippen LogP contribution is 2.26. The second kappa shape index (κ2) is 7.17. The van der Waals surface area contributed by atoms with Crippen LogP contribution in [0.15, 0.2) is 60.0 Å². The van der Waals surface area contributed by atoms with Crippen LogP contribution in [0, 0.1) is 6.92 Å². The number of anilines is 1. The fourth-order valence-corrected chi connectivity index (χ4v) is 3.92. The zero-order valence-corrected chi connectivity index (χ0v) is 15.5. The molecule has 1 amide bonds. The number of hydrogen-bond acceptors (Lipinski definition) is 4. The fraction of sp³-hybridized carbons (Fsp3) is 0.0952. The van der Waals surface area contributed by atoms with Crippen molar-refractivity contribution >= 4 is 39.6 Å². The summed E-state index contributed by atoms with van der Waals surface area (Å²) >= 11 is 1.39. The summed E-state index contributed by atoms with van der Waals surface area (Å²) < 4.78 is 1.86. The van der Waals surface area contributed by atoms with Gasteiger partial charge < -0.3 is 9.88 Å². The van der Waals surface area contributed by atoms with Gasteiger partial charge in [-0.25, -0.2) is 4.98 Å². The summed E-state index contributed by atoms with van der Waals surface area (Å²) in [7, 11) is 0. The molecule has 0 unspecified atom stereocenters. The highest BCUT2D eigenvalue weighted by atomic mass is 32.1. The zero-order valence-electron chi connectivity index (χ0n) is 14.7. The molecule has 0 atom stereocenters. The molecule has 6 heteroatoms. The third-order valence-electron chi connectivity index (χ3n) is 4.52. The Morgan fingerprint density at radius 2 is 1.89 bits per heavy atom. The van der Waals surface area contributed by atoms with Crippen LogP contribution in [0.4, 0.5) is 5.13 Å². The number of aldehydes is 1. The first-order chi connectivity index (χ1) is 13.2. The molecular formula is C21H17N3O2S. The zero-order chi connectivity index (χ0) is 18.8. The van der Waals surface area contributed by atoms with Gasteiger partial charge in [0.1, 0.15) is 6.54 Å². The molecule has 5 nitrogen and oxygen atoms in total. The van der Waals surface area contributed by atoms with Gasteiger partial charge in [-0.2, -0.15) is 0 Å². The average molecular weight is 375 g/mol. The molecule has 0 radical (unpaired) electrons. The summed E-state index contributed by atoms with van der Waals surface area (Å²) in [4.78, 5) is 28.5. The Bertz CT molecular complexity index is 1130. The molecular weight excluding hydrogens is 358 g/mol. The van der Waals surface area contributed by atoms with E-state index in [1.165, 1.54) is 11.3 Å². The first-order valence-corrected chi connectivity index (χ1v) is 9.39. The molecule has 2 aromatic carbocycles. The van der Waals surface area contributed by atoms with Gasteiger partial charge in [0, 0.05) is 33.1 Å². The lowest BCUT2D eigenvalue weighted by Gasteiger charge is -2.08. The van der Waals surface area contributed by atoms with Crippen LogP contribution in [-0.2, 0) is 11.3 Å². The largest absolute Gasteiger partial charge is 0.335 e. The van der Waals surface area contributed by atoms with E-state index >= 15 is 0 Å². The smallest absolute Gasteiger partial charge is 0.246 e. The van der Waals surface area contributed by atoms with Gasteiger partial charge >= 0.3 is 0 Å². The third-order valence-corrected chi connectivity index (χ3v) is 5.28. The maximum absolute atomic E-state index is 12.6. The molecule has 0 aliphatic carbocycles. The summed E-state index contributed by atoms with van der Waals surface area (Å²) in [5, 5.41) is 6.20. The van der Waals surface area contributed by atoms with Crippen molar-refractivity contribution in [1.29, 1.82) is 0 Å². The number of benzene rings is 2. The number of amides is 1. The lowest BCUT2D eigenvalue weighted by molar-refractivity contribution is -0.116. The molecule has 2 heterocycles. The van der Waals surface area contributed by atoms with E-state index in [4.69, 9.17) is 0 Å². The van der Waals surface area contributed by atoms with Crippen molar-refractivity contribution in [2.45, 2.75) is 13.5 Å². The van der Waals surface area contributed by atoms with Gasteiger partial charge in [0.2, 0.25) is 5.91 Å². The number of aromatic nitrogens is 2. The van der Waals surface area contributed by atoms with Crippen LogP contribution in [0.3, 0.4) is 0 Å². The number of para-hydroxylation sites is 1.